The molecule has 1 fully saturated rings. The molecule has 24 heavy (non-hydrogen) atoms. The van der Waals surface area contributed by atoms with Crippen molar-refractivity contribution in [1.29, 1.82) is 0 Å². The van der Waals surface area contributed by atoms with E-state index < -0.39 is 5.76 Å². The molecule has 1 aliphatic rings. The lowest BCUT2D eigenvalue weighted by Crippen LogP contribution is -2.40. The van der Waals surface area contributed by atoms with Crippen LogP contribution in [0.2, 0.25) is 0 Å². The van der Waals surface area contributed by atoms with Crippen LogP contribution in [0.4, 0.5) is 0 Å². The van der Waals surface area contributed by atoms with Gasteiger partial charge < -0.3 is 14.6 Å². The van der Waals surface area contributed by atoms with Gasteiger partial charge in [0.25, 0.3) is 5.91 Å². The van der Waals surface area contributed by atoms with Gasteiger partial charge in [-0.1, -0.05) is 18.1 Å². The number of aromatic nitrogens is 1. The summed E-state index contributed by atoms with van der Waals surface area (Å²) in [6.45, 7) is 2.49. The molecule has 7 heteroatoms. The monoisotopic (exact) mass is 327 g/mol. The molecule has 2 amide bonds. The van der Waals surface area contributed by atoms with E-state index in [0.29, 0.717) is 30.6 Å². The summed E-state index contributed by atoms with van der Waals surface area (Å²) in [6.07, 6.45) is 0.671. The Kier molecular flexibility index (Phi) is 4.38. The van der Waals surface area contributed by atoms with E-state index in [0.717, 1.165) is 0 Å². The van der Waals surface area contributed by atoms with E-state index in [2.05, 4.69) is 17.2 Å². The second-order valence-corrected chi connectivity index (χ2v) is 5.60. The van der Waals surface area contributed by atoms with E-state index >= 15 is 0 Å². The number of carbonyl (C=O) groups is 2. The molecule has 1 aromatic heterocycles. The number of nitrogens with one attached hydrogen (secondary N) is 1. The van der Waals surface area contributed by atoms with Crippen LogP contribution in [0, 0.1) is 11.8 Å². The molecule has 0 radical (unpaired) electrons. The number of nitrogens with zero attached hydrogens (tertiary/aromatic N) is 2. The van der Waals surface area contributed by atoms with E-state index in [4.69, 9.17) is 4.42 Å². The van der Waals surface area contributed by atoms with Crippen molar-refractivity contribution in [3.8, 4) is 11.8 Å². The molecule has 1 atom stereocenters. The minimum atomic E-state index is -0.562. The Morgan fingerprint density at radius 2 is 2.17 bits per heavy atom. The van der Waals surface area contributed by atoms with Gasteiger partial charge in [-0.05, 0) is 31.4 Å². The Hall–Kier alpha value is -3.01. The first kappa shape index (κ1) is 15.9. The first-order chi connectivity index (χ1) is 11.6. The highest BCUT2D eigenvalue weighted by Gasteiger charge is 2.26. The van der Waals surface area contributed by atoms with Crippen molar-refractivity contribution < 1.29 is 14.0 Å². The van der Waals surface area contributed by atoms with Crippen molar-refractivity contribution in [3.63, 3.8) is 0 Å². The number of benzene rings is 1. The molecule has 0 aliphatic carbocycles. The Morgan fingerprint density at radius 3 is 2.96 bits per heavy atom. The number of hydrogen-bond acceptors (Lipinski definition) is 4. The number of amides is 2. The minimum absolute atomic E-state index is 0.116. The fourth-order valence-corrected chi connectivity index (χ4v) is 2.83. The average molecular weight is 327 g/mol. The van der Waals surface area contributed by atoms with Gasteiger partial charge in [0.1, 0.15) is 6.54 Å². The molecule has 2 aromatic rings. The molecule has 1 aromatic carbocycles. The molecular weight excluding hydrogens is 310 g/mol. The lowest BCUT2D eigenvalue weighted by atomic mass is 10.2. The number of carbonyl (C=O) groups excluding carboxylic acids is 2. The summed E-state index contributed by atoms with van der Waals surface area (Å²) in [4.78, 5) is 37.4. The van der Waals surface area contributed by atoms with Crippen LogP contribution in [0.1, 0.15) is 13.3 Å². The quantitative estimate of drug-likeness (QED) is 0.824. The number of rotatable bonds is 3. The Balaban J connectivity index is 1.64. The summed E-state index contributed by atoms with van der Waals surface area (Å²) in [5.41, 5.74) is 1.03. The second-order valence-electron chi connectivity index (χ2n) is 5.60. The summed E-state index contributed by atoms with van der Waals surface area (Å²) in [5.74, 6) is 3.99. The van der Waals surface area contributed by atoms with Crippen LogP contribution in [0.3, 0.4) is 0 Å². The molecule has 0 bridgehead atoms. The van der Waals surface area contributed by atoms with Crippen molar-refractivity contribution in [2.75, 3.05) is 13.1 Å². The van der Waals surface area contributed by atoms with Crippen molar-refractivity contribution in [3.05, 3.63) is 34.8 Å². The first-order valence-electron chi connectivity index (χ1n) is 7.68. The molecule has 1 N–H and O–H groups in total. The van der Waals surface area contributed by atoms with Crippen molar-refractivity contribution in [2.45, 2.75) is 25.9 Å². The van der Waals surface area contributed by atoms with Crippen LogP contribution < -0.4 is 11.1 Å². The van der Waals surface area contributed by atoms with E-state index in [9.17, 15) is 14.4 Å². The van der Waals surface area contributed by atoms with Crippen LogP contribution in [-0.4, -0.2) is 40.4 Å². The maximum Gasteiger partial charge on any atom is 0.420 e. The summed E-state index contributed by atoms with van der Waals surface area (Å²) >= 11 is 0. The standard InChI is InChI=1S/C17H17N3O4/c1-2-5-16(22)19-9-8-12(10-19)18-15(21)11-20-13-6-3-4-7-14(13)24-17(20)23/h3-4,6-7,12H,8-11H2,1H3,(H,18,21). The zero-order valence-corrected chi connectivity index (χ0v) is 13.2. The highest BCUT2D eigenvalue weighted by molar-refractivity contribution is 5.93. The third kappa shape index (κ3) is 3.18. The molecule has 7 nitrogen and oxygen atoms in total. The molecule has 0 saturated carbocycles. The molecule has 124 valence electrons. The van der Waals surface area contributed by atoms with Gasteiger partial charge in [0.2, 0.25) is 5.91 Å². The van der Waals surface area contributed by atoms with Gasteiger partial charge in [-0.15, -0.1) is 0 Å². The maximum absolute atomic E-state index is 12.2. The molecule has 1 aliphatic heterocycles. The average Bonchev–Trinajstić information content (AvgIpc) is 3.13. The van der Waals surface area contributed by atoms with E-state index in [-0.39, 0.29) is 24.4 Å². The maximum atomic E-state index is 12.2. The largest absolute Gasteiger partial charge is 0.420 e. The third-order valence-corrected chi connectivity index (χ3v) is 3.95. The molecule has 1 saturated heterocycles. The topological polar surface area (TPSA) is 84.5 Å². The summed E-state index contributed by atoms with van der Waals surface area (Å²) in [6, 6.07) is 6.82. The predicted molar refractivity (Wildman–Crippen MR) is 87.1 cm³/mol. The lowest BCUT2D eigenvalue weighted by molar-refractivity contribution is -0.125. The van der Waals surface area contributed by atoms with Gasteiger partial charge in [-0.25, -0.2) is 4.79 Å². The Labute approximate surface area is 138 Å². The number of likely N-dealkylation sites (tertiary alicyclic amines) is 1. The van der Waals surface area contributed by atoms with Crippen LogP contribution in [-0.2, 0) is 16.1 Å². The van der Waals surface area contributed by atoms with E-state index in [1.54, 1.807) is 36.1 Å². The second kappa shape index (κ2) is 6.62. The van der Waals surface area contributed by atoms with Crippen molar-refractivity contribution >= 4 is 22.9 Å². The van der Waals surface area contributed by atoms with E-state index in [1.807, 2.05) is 0 Å². The Morgan fingerprint density at radius 1 is 1.38 bits per heavy atom. The van der Waals surface area contributed by atoms with Crippen molar-refractivity contribution in [1.82, 2.24) is 14.8 Å². The molecule has 3 rings (SSSR count). The normalized spacial score (nSPS) is 16.7. The van der Waals surface area contributed by atoms with Gasteiger partial charge >= 0.3 is 5.76 Å². The van der Waals surface area contributed by atoms with Crippen LogP contribution in [0.25, 0.3) is 11.1 Å². The summed E-state index contributed by atoms with van der Waals surface area (Å²) in [5, 5.41) is 2.85. The fourth-order valence-electron chi connectivity index (χ4n) is 2.83. The molecule has 2 heterocycles. The van der Waals surface area contributed by atoms with Gasteiger partial charge in [0, 0.05) is 19.1 Å². The SMILES string of the molecule is CC#CC(=O)N1CCC(NC(=O)Cn2c(=O)oc3ccccc32)C1. The number of hydrogen-bond donors (Lipinski definition) is 1. The molecular formula is C17H17N3O4. The van der Waals surface area contributed by atoms with Gasteiger partial charge in [0.15, 0.2) is 5.58 Å². The summed E-state index contributed by atoms with van der Waals surface area (Å²) in [7, 11) is 0. The highest BCUT2D eigenvalue weighted by atomic mass is 16.4. The summed E-state index contributed by atoms with van der Waals surface area (Å²) < 4.78 is 6.40. The zero-order chi connectivity index (χ0) is 17.1. The van der Waals surface area contributed by atoms with Crippen LogP contribution in [0.5, 0.6) is 0 Å². The Bertz CT molecular complexity index is 900. The fraction of sp³-hybridized carbons (Fsp3) is 0.353. The highest BCUT2D eigenvalue weighted by Crippen LogP contribution is 2.12. The van der Waals surface area contributed by atoms with Gasteiger partial charge in [0.05, 0.1) is 5.52 Å². The number of fused-ring (bicyclic) bond motifs is 1. The lowest BCUT2D eigenvalue weighted by Gasteiger charge is -2.14. The number of oxazole rings is 1. The van der Waals surface area contributed by atoms with Crippen LogP contribution in [0.15, 0.2) is 33.5 Å². The minimum Gasteiger partial charge on any atom is -0.408 e. The third-order valence-electron chi connectivity index (χ3n) is 3.95. The molecule has 1 unspecified atom stereocenters. The van der Waals surface area contributed by atoms with Crippen molar-refractivity contribution in [2.24, 2.45) is 0 Å². The number of para-hydroxylation sites is 2. The van der Waals surface area contributed by atoms with E-state index in [1.165, 1.54) is 4.57 Å². The molecule has 0 spiro atoms. The van der Waals surface area contributed by atoms with Crippen LogP contribution >= 0.6 is 0 Å². The predicted octanol–water partition coefficient (Wildman–Crippen LogP) is 0.335. The first-order valence-corrected chi connectivity index (χ1v) is 7.68. The smallest absolute Gasteiger partial charge is 0.408 e. The van der Waals surface area contributed by atoms with Gasteiger partial charge in [-0.2, -0.15) is 0 Å². The zero-order valence-electron chi connectivity index (χ0n) is 13.2. The van der Waals surface area contributed by atoms with Gasteiger partial charge in [-0.3, -0.25) is 14.2 Å².